The molecule has 1 atom stereocenters. The lowest BCUT2D eigenvalue weighted by Crippen LogP contribution is -2.23. The van der Waals surface area contributed by atoms with Gasteiger partial charge in [0.25, 0.3) is 0 Å². The Morgan fingerprint density at radius 2 is 2.21 bits per heavy atom. The van der Waals surface area contributed by atoms with Gasteiger partial charge >= 0.3 is 0 Å². The summed E-state index contributed by atoms with van der Waals surface area (Å²) in [6.45, 7) is 5.34. The fourth-order valence-electron chi connectivity index (χ4n) is 2.66. The van der Waals surface area contributed by atoms with Gasteiger partial charge in [0.2, 0.25) is 0 Å². The molecule has 1 unspecified atom stereocenters. The maximum Gasteiger partial charge on any atom is 0.0372 e. The third-order valence-electron chi connectivity index (χ3n) is 3.83. The maximum absolute atomic E-state index is 4.44. The van der Waals surface area contributed by atoms with Crippen LogP contribution in [0, 0.1) is 6.92 Å². The Balaban J connectivity index is 2.06. The van der Waals surface area contributed by atoms with E-state index in [4.69, 9.17) is 0 Å². The number of hydrogen-bond acceptors (Lipinski definition) is 2. The summed E-state index contributed by atoms with van der Waals surface area (Å²) >= 11 is 0. The monoisotopic (exact) mass is 258 g/mol. The summed E-state index contributed by atoms with van der Waals surface area (Å²) in [7, 11) is 0. The van der Waals surface area contributed by atoms with Crippen molar-refractivity contribution in [3.8, 4) is 0 Å². The fraction of sp³-hybridized carbons (Fsp3) is 0.588. The molecular weight excluding hydrogens is 232 g/mol. The van der Waals surface area contributed by atoms with Gasteiger partial charge in [-0.05, 0) is 63.6 Å². The molecule has 1 aliphatic rings. The van der Waals surface area contributed by atoms with Crippen molar-refractivity contribution in [3.05, 3.63) is 41.2 Å². The van der Waals surface area contributed by atoms with Gasteiger partial charge in [-0.3, -0.25) is 4.98 Å². The van der Waals surface area contributed by atoms with E-state index in [0.717, 1.165) is 18.7 Å². The van der Waals surface area contributed by atoms with Crippen LogP contribution in [0.15, 0.2) is 30.0 Å². The van der Waals surface area contributed by atoms with E-state index in [1.54, 1.807) is 5.57 Å². The van der Waals surface area contributed by atoms with Crippen molar-refractivity contribution in [1.82, 2.24) is 10.3 Å². The fourth-order valence-corrected chi connectivity index (χ4v) is 2.66. The van der Waals surface area contributed by atoms with Crippen LogP contribution in [0.3, 0.4) is 0 Å². The van der Waals surface area contributed by atoms with E-state index in [1.165, 1.54) is 37.7 Å². The highest BCUT2D eigenvalue weighted by Gasteiger charge is 2.14. The molecule has 0 aliphatic heterocycles. The first kappa shape index (κ1) is 14.3. The molecule has 0 amide bonds. The minimum atomic E-state index is 0.428. The van der Waals surface area contributed by atoms with Crippen molar-refractivity contribution < 1.29 is 0 Å². The summed E-state index contributed by atoms with van der Waals surface area (Å²) in [6, 6.07) is 4.77. The quantitative estimate of drug-likeness (QED) is 0.769. The van der Waals surface area contributed by atoms with Crippen molar-refractivity contribution in [1.29, 1.82) is 0 Å². The topological polar surface area (TPSA) is 24.9 Å². The van der Waals surface area contributed by atoms with E-state index in [-0.39, 0.29) is 0 Å². The van der Waals surface area contributed by atoms with Crippen molar-refractivity contribution in [2.45, 2.75) is 58.4 Å². The average Bonchev–Trinajstić information content (AvgIpc) is 2.45. The van der Waals surface area contributed by atoms with Gasteiger partial charge in [-0.1, -0.05) is 24.6 Å². The zero-order valence-electron chi connectivity index (χ0n) is 12.3. The Hall–Kier alpha value is -1.15. The molecule has 1 N–H and O–H groups in total. The highest BCUT2D eigenvalue weighted by molar-refractivity contribution is 5.20. The molecule has 0 radical (unpaired) electrons. The minimum Gasteiger partial charge on any atom is -0.310 e. The summed E-state index contributed by atoms with van der Waals surface area (Å²) in [5, 5.41) is 3.67. The van der Waals surface area contributed by atoms with Gasteiger partial charge in [0, 0.05) is 17.9 Å². The number of nitrogens with one attached hydrogen (secondary N) is 1. The SMILES string of the molecule is CCCNC(CC1=CCCCC1)c1ccc(C)nc1. The Labute approximate surface area is 117 Å². The zero-order chi connectivity index (χ0) is 13.5. The van der Waals surface area contributed by atoms with Gasteiger partial charge in [-0.15, -0.1) is 0 Å². The third-order valence-corrected chi connectivity index (χ3v) is 3.83. The number of aryl methyl sites for hydroxylation is 1. The smallest absolute Gasteiger partial charge is 0.0372 e. The molecule has 1 aromatic rings. The molecule has 0 saturated heterocycles. The summed E-state index contributed by atoms with van der Waals surface area (Å²) in [6.07, 6.45) is 12.1. The molecule has 19 heavy (non-hydrogen) atoms. The van der Waals surface area contributed by atoms with Crippen LogP contribution in [0.4, 0.5) is 0 Å². The Morgan fingerprint density at radius 3 is 2.84 bits per heavy atom. The van der Waals surface area contributed by atoms with Gasteiger partial charge in [-0.2, -0.15) is 0 Å². The Kier molecular flexibility index (Phi) is 5.59. The van der Waals surface area contributed by atoms with Crippen LogP contribution >= 0.6 is 0 Å². The highest BCUT2D eigenvalue weighted by Crippen LogP contribution is 2.27. The second kappa shape index (κ2) is 7.44. The molecule has 2 heteroatoms. The first-order chi connectivity index (χ1) is 9.29. The van der Waals surface area contributed by atoms with Crippen molar-refractivity contribution in [3.63, 3.8) is 0 Å². The number of nitrogens with zero attached hydrogens (tertiary/aromatic N) is 1. The van der Waals surface area contributed by atoms with E-state index < -0.39 is 0 Å². The Bertz CT molecular complexity index is 406. The van der Waals surface area contributed by atoms with Crippen LogP contribution in [0.1, 0.15) is 62.7 Å². The summed E-state index contributed by atoms with van der Waals surface area (Å²) in [5.74, 6) is 0. The summed E-state index contributed by atoms with van der Waals surface area (Å²) < 4.78 is 0. The molecule has 1 aromatic heterocycles. The molecule has 2 nitrogen and oxygen atoms in total. The van der Waals surface area contributed by atoms with Crippen molar-refractivity contribution >= 4 is 0 Å². The largest absolute Gasteiger partial charge is 0.310 e. The molecule has 0 bridgehead atoms. The second-order valence-electron chi connectivity index (χ2n) is 5.55. The van der Waals surface area contributed by atoms with Crippen LogP contribution in [-0.4, -0.2) is 11.5 Å². The van der Waals surface area contributed by atoms with Gasteiger partial charge in [-0.25, -0.2) is 0 Å². The van der Waals surface area contributed by atoms with Crippen LogP contribution in [-0.2, 0) is 0 Å². The van der Waals surface area contributed by atoms with Crippen molar-refractivity contribution in [2.75, 3.05) is 6.54 Å². The molecule has 104 valence electrons. The van der Waals surface area contributed by atoms with E-state index >= 15 is 0 Å². The predicted molar refractivity (Wildman–Crippen MR) is 81.2 cm³/mol. The lowest BCUT2D eigenvalue weighted by atomic mass is 9.92. The normalized spacial score (nSPS) is 17.1. The number of rotatable bonds is 6. The number of hydrogen-bond donors (Lipinski definition) is 1. The first-order valence-corrected chi connectivity index (χ1v) is 7.63. The lowest BCUT2D eigenvalue weighted by molar-refractivity contribution is 0.510. The third kappa shape index (κ3) is 4.46. The summed E-state index contributed by atoms with van der Waals surface area (Å²) in [4.78, 5) is 4.44. The van der Waals surface area contributed by atoms with Crippen LogP contribution < -0.4 is 5.32 Å². The Morgan fingerprint density at radius 1 is 1.32 bits per heavy atom. The van der Waals surface area contributed by atoms with Crippen LogP contribution in [0.25, 0.3) is 0 Å². The van der Waals surface area contributed by atoms with E-state index in [9.17, 15) is 0 Å². The second-order valence-corrected chi connectivity index (χ2v) is 5.55. The first-order valence-electron chi connectivity index (χ1n) is 7.63. The molecular formula is C17H26N2. The molecule has 0 fully saturated rings. The number of allylic oxidation sites excluding steroid dienone is 1. The zero-order valence-corrected chi connectivity index (χ0v) is 12.3. The average molecular weight is 258 g/mol. The highest BCUT2D eigenvalue weighted by atomic mass is 14.9. The molecule has 0 saturated carbocycles. The molecule has 0 aromatic carbocycles. The van der Waals surface area contributed by atoms with Crippen LogP contribution in [0.5, 0.6) is 0 Å². The predicted octanol–water partition coefficient (Wildman–Crippen LogP) is 4.32. The lowest BCUT2D eigenvalue weighted by Gasteiger charge is -2.22. The van der Waals surface area contributed by atoms with E-state index in [2.05, 4.69) is 35.4 Å². The minimum absolute atomic E-state index is 0.428. The van der Waals surface area contributed by atoms with Crippen molar-refractivity contribution in [2.24, 2.45) is 0 Å². The maximum atomic E-state index is 4.44. The molecule has 1 heterocycles. The standard InChI is InChI=1S/C17H26N2/c1-3-11-18-17(12-15-7-5-4-6-8-15)16-10-9-14(2)19-13-16/h7,9-10,13,17-18H,3-6,8,11-12H2,1-2H3. The van der Waals surface area contributed by atoms with Gasteiger partial charge < -0.3 is 5.32 Å². The molecule has 1 aliphatic carbocycles. The van der Waals surface area contributed by atoms with Gasteiger partial charge in [0.05, 0.1) is 0 Å². The molecule has 0 spiro atoms. The van der Waals surface area contributed by atoms with Crippen LogP contribution in [0.2, 0.25) is 0 Å². The van der Waals surface area contributed by atoms with Gasteiger partial charge in [0.1, 0.15) is 0 Å². The number of aromatic nitrogens is 1. The number of pyridine rings is 1. The van der Waals surface area contributed by atoms with Gasteiger partial charge in [0.15, 0.2) is 0 Å². The van der Waals surface area contributed by atoms with E-state index in [1.807, 2.05) is 13.1 Å². The summed E-state index contributed by atoms with van der Waals surface area (Å²) in [5.41, 5.74) is 4.04. The molecule has 2 rings (SSSR count). The van der Waals surface area contributed by atoms with E-state index in [0.29, 0.717) is 6.04 Å².